The molecule has 6 nitrogen and oxygen atoms in total. The van der Waals surface area contributed by atoms with Crippen molar-refractivity contribution in [2.45, 2.75) is 57.4 Å². The zero-order chi connectivity index (χ0) is 22.4. The van der Waals surface area contributed by atoms with Crippen LogP contribution in [0.25, 0.3) is 0 Å². The highest BCUT2D eigenvalue weighted by atomic mass is 32.2. The van der Waals surface area contributed by atoms with E-state index in [2.05, 4.69) is 21.9 Å². The first kappa shape index (κ1) is 23.3. The summed E-state index contributed by atoms with van der Waals surface area (Å²) in [5.41, 5.74) is 2.59. The van der Waals surface area contributed by atoms with Gasteiger partial charge < -0.3 is 10.2 Å². The van der Waals surface area contributed by atoms with Crippen LogP contribution in [0.5, 0.6) is 0 Å². The van der Waals surface area contributed by atoms with E-state index in [4.69, 9.17) is 0 Å². The molecule has 7 heteroatoms. The van der Waals surface area contributed by atoms with E-state index in [1.165, 1.54) is 31.4 Å². The van der Waals surface area contributed by atoms with Crippen molar-refractivity contribution in [3.63, 3.8) is 0 Å². The minimum absolute atomic E-state index is 0.0758. The molecule has 0 spiro atoms. The van der Waals surface area contributed by atoms with E-state index in [1.807, 2.05) is 19.9 Å². The Balaban J connectivity index is 1.62. The van der Waals surface area contributed by atoms with Gasteiger partial charge in [0, 0.05) is 30.4 Å². The van der Waals surface area contributed by atoms with Gasteiger partial charge in [0.05, 0.1) is 4.90 Å². The van der Waals surface area contributed by atoms with Crippen molar-refractivity contribution in [2.24, 2.45) is 0 Å². The monoisotopic (exact) mass is 443 g/mol. The molecule has 1 atom stereocenters. The fraction of sp³-hybridized carbons (Fsp3) is 0.458. The zero-order valence-corrected chi connectivity index (χ0v) is 19.5. The van der Waals surface area contributed by atoms with Crippen molar-refractivity contribution in [3.05, 3.63) is 59.2 Å². The van der Waals surface area contributed by atoms with E-state index in [-0.39, 0.29) is 10.8 Å². The highest BCUT2D eigenvalue weighted by molar-refractivity contribution is 7.92. The second-order valence-corrected chi connectivity index (χ2v) is 10.1. The van der Waals surface area contributed by atoms with Gasteiger partial charge in [0.15, 0.2) is 0 Å². The number of piperidine rings is 1. The summed E-state index contributed by atoms with van der Waals surface area (Å²) < 4.78 is 28.2. The second kappa shape index (κ2) is 10.3. The molecule has 1 amide bonds. The normalized spacial score (nSPS) is 17.3. The summed E-state index contributed by atoms with van der Waals surface area (Å²) in [7, 11) is -3.79. The van der Waals surface area contributed by atoms with Gasteiger partial charge in [0.1, 0.15) is 0 Å². The van der Waals surface area contributed by atoms with Crippen molar-refractivity contribution in [1.82, 2.24) is 10.2 Å². The van der Waals surface area contributed by atoms with Crippen LogP contribution < -0.4 is 10.0 Å². The Morgan fingerprint density at radius 1 is 1.13 bits per heavy atom. The standard InChI is InChI=1S/C24H33N3O3S/c1-18-8-6-10-21(16-18)26-31(29,30)22-12-11-19(2)23(17-22)24(28)25-13-7-15-27-14-5-4-9-20(27)3/h6,8,10-12,16-17,20,26H,4-5,7,9,13-15H2,1-3H3,(H,25,28). The predicted molar refractivity (Wildman–Crippen MR) is 125 cm³/mol. The number of nitrogens with zero attached hydrogens (tertiary/aromatic N) is 1. The van der Waals surface area contributed by atoms with E-state index in [0.717, 1.165) is 30.6 Å². The molecule has 2 aromatic rings. The number of rotatable bonds is 8. The summed E-state index contributed by atoms with van der Waals surface area (Å²) in [6, 6.07) is 12.4. The number of aryl methyl sites for hydroxylation is 2. The maximum absolute atomic E-state index is 12.8. The summed E-state index contributed by atoms with van der Waals surface area (Å²) in [6.45, 7) is 8.64. The molecular weight excluding hydrogens is 410 g/mol. The van der Waals surface area contributed by atoms with Gasteiger partial charge in [-0.05, 0) is 82.0 Å². The molecule has 0 radical (unpaired) electrons. The third-order valence-electron chi connectivity index (χ3n) is 5.88. The first-order valence-corrected chi connectivity index (χ1v) is 12.5. The molecule has 0 aromatic heterocycles. The van der Waals surface area contributed by atoms with Crippen LogP contribution in [0.1, 0.15) is 54.1 Å². The Kier molecular flexibility index (Phi) is 7.73. The number of hydrogen-bond donors (Lipinski definition) is 2. The first-order chi connectivity index (χ1) is 14.8. The van der Waals surface area contributed by atoms with Crippen molar-refractivity contribution in [3.8, 4) is 0 Å². The van der Waals surface area contributed by atoms with Crippen LogP contribution in [0.15, 0.2) is 47.4 Å². The smallest absolute Gasteiger partial charge is 0.261 e. The van der Waals surface area contributed by atoms with Crippen molar-refractivity contribution < 1.29 is 13.2 Å². The van der Waals surface area contributed by atoms with Gasteiger partial charge in [0.2, 0.25) is 0 Å². The molecule has 0 aliphatic carbocycles. The van der Waals surface area contributed by atoms with Crippen molar-refractivity contribution in [2.75, 3.05) is 24.4 Å². The number of amides is 1. The lowest BCUT2D eigenvalue weighted by Crippen LogP contribution is -2.39. The second-order valence-electron chi connectivity index (χ2n) is 8.44. The number of benzene rings is 2. The van der Waals surface area contributed by atoms with Gasteiger partial charge in [-0.3, -0.25) is 9.52 Å². The highest BCUT2D eigenvalue weighted by Gasteiger charge is 2.19. The zero-order valence-electron chi connectivity index (χ0n) is 18.6. The summed E-state index contributed by atoms with van der Waals surface area (Å²) in [5, 5.41) is 2.95. The Labute approximate surface area is 186 Å². The van der Waals surface area contributed by atoms with E-state index in [9.17, 15) is 13.2 Å². The molecule has 1 aliphatic rings. The third-order valence-corrected chi connectivity index (χ3v) is 7.26. The molecule has 1 heterocycles. The SMILES string of the molecule is Cc1cccc(NS(=O)(=O)c2ccc(C)c(C(=O)NCCCN3CCCCC3C)c2)c1. The molecule has 2 N–H and O–H groups in total. The topological polar surface area (TPSA) is 78.5 Å². The number of nitrogens with one attached hydrogen (secondary N) is 2. The summed E-state index contributed by atoms with van der Waals surface area (Å²) in [4.78, 5) is 15.3. The number of carbonyl (C=O) groups is 1. The molecular formula is C24H33N3O3S. The fourth-order valence-corrected chi connectivity index (χ4v) is 5.08. The number of likely N-dealkylation sites (tertiary alicyclic amines) is 1. The Bertz CT molecular complexity index is 1020. The van der Waals surface area contributed by atoms with Crippen LogP contribution in [-0.2, 0) is 10.0 Å². The molecule has 0 bridgehead atoms. The van der Waals surface area contributed by atoms with Gasteiger partial charge in [-0.2, -0.15) is 0 Å². The number of sulfonamides is 1. The molecule has 1 aliphatic heterocycles. The molecule has 31 heavy (non-hydrogen) atoms. The van der Waals surface area contributed by atoms with Crippen LogP contribution in [0, 0.1) is 13.8 Å². The maximum atomic E-state index is 12.8. The van der Waals surface area contributed by atoms with E-state index < -0.39 is 10.0 Å². The average molecular weight is 444 g/mol. The lowest BCUT2D eigenvalue weighted by atomic mass is 10.0. The lowest BCUT2D eigenvalue weighted by molar-refractivity contribution is 0.0948. The molecule has 168 valence electrons. The molecule has 1 fully saturated rings. The van der Waals surface area contributed by atoms with Crippen molar-refractivity contribution in [1.29, 1.82) is 0 Å². The lowest BCUT2D eigenvalue weighted by Gasteiger charge is -2.33. The Morgan fingerprint density at radius 2 is 1.94 bits per heavy atom. The van der Waals surface area contributed by atoms with Crippen LogP contribution in [-0.4, -0.2) is 44.9 Å². The molecule has 3 rings (SSSR count). The minimum atomic E-state index is -3.79. The van der Waals surface area contributed by atoms with E-state index in [0.29, 0.717) is 23.8 Å². The highest BCUT2D eigenvalue weighted by Crippen LogP contribution is 2.20. The van der Waals surface area contributed by atoms with Gasteiger partial charge in [-0.15, -0.1) is 0 Å². The van der Waals surface area contributed by atoms with Crippen LogP contribution in [0.4, 0.5) is 5.69 Å². The number of carbonyl (C=O) groups excluding carboxylic acids is 1. The van der Waals surface area contributed by atoms with Crippen LogP contribution in [0.2, 0.25) is 0 Å². The van der Waals surface area contributed by atoms with Gasteiger partial charge in [0.25, 0.3) is 15.9 Å². The summed E-state index contributed by atoms with van der Waals surface area (Å²) in [6.07, 6.45) is 4.66. The third kappa shape index (κ3) is 6.31. The van der Waals surface area contributed by atoms with Crippen LogP contribution in [0.3, 0.4) is 0 Å². The van der Waals surface area contributed by atoms with Crippen molar-refractivity contribution >= 4 is 21.6 Å². The van der Waals surface area contributed by atoms with Crippen LogP contribution >= 0.6 is 0 Å². The maximum Gasteiger partial charge on any atom is 0.261 e. The van der Waals surface area contributed by atoms with Gasteiger partial charge >= 0.3 is 0 Å². The minimum Gasteiger partial charge on any atom is -0.352 e. The summed E-state index contributed by atoms with van der Waals surface area (Å²) >= 11 is 0. The number of anilines is 1. The number of hydrogen-bond acceptors (Lipinski definition) is 4. The molecule has 2 aromatic carbocycles. The fourth-order valence-electron chi connectivity index (χ4n) is 4.00. The van der Waals surface area contributed by atoms with Gasteiger partial charge in [-0.1, -0.05) is 24.6 Å². The average Bonchev–Trinajstić information content (AvgIpc) is 2.72. The largest absolute Gasteiger partial charge is 0.352 e. The molecule has 1 unspecified atom stereocenters. The van der Waals surface area contributed by atoms with E-state index >= 15 is 0 Å². The first-order valence-electron chi connectivity index (χ1n) is 11.0. The molecule has 0 saturated carbocycles. The Hall–Kier alpha value is -2.38. The van der Waals surface area contributed by atoms with Gasteiger partial charge in [-0.25, -0.2) is 8.42 Å². The van der Waals surface area contributed by atoms with E-state index in [1.54, 1.807) is 24.3 Å². The Morgan fingerprint density at radius 3 is 2.68 bits per heavy atom. The molecule has 1 saturated heterocycles. The quantitative estimate of drug-likeness (QED) is 0.602. The summed E-state index contributed by atoms with van der Waals surface area (Å²) in [5.74, 6) is -0.239. The predicted octanol–water partition coefficient (Wildman–Crippen LogP) is 4.10.